The Bertz CT molecular complexity index is 764. The Hall–Kier alpha value is -2.45. The molecule has 1 aromatic carbocycles. The summed E-state index contributed by atoms with van der Waals surface area (Å²) in [5.74, 6) is -0.650. The van der Waals surface area contributed by atoms with Crippen LogP contribution in [0.1, 0.15) is 15.2 Å². The van der Waals surface area contributed by atoms with Gasteiger partial charge >= 0.3 is 0 Å². The summed E-state index contributed by atoms with van der Waals surface area (Å²) in [6, 6.07) is 7.46. The van der Waals surface area contributed by atoms with E-state index in [2.05, 4.69) is 5.32 Å². The number of hydrogen-bond acceptors (Lipinski definition) is 5. The van der Waals surface area contributed by atoms with Gasteiger partial charge in [-0.15, -0.1) is 11.3 Å². The summed E-state index contributed by atoms with van der Waals surface area (Å²) in [6.07, 6.45) is 0. The van der Waals surface area contributed by atoms with Crippen LogP contribution in [0, 0.1) is 10.1 Å². The molecular formula is C15H14ClN3O4S. The third kappa shape index (κ3) is 4.53. The summed E-state index contributed by atoms with van der Waals surface area (Å²) in [4.78, 5) is 36.0. The highest BCUT2D eigenvalue weighted by Gasteiger charge is 2.16. The zero-order valence-corrected chi connectivity index (χ0v) is 14.3. The lowest BCUT2D eigenvalue weighted by molar-refractivity contribution is -0.384. The van der Waals surface area contributed by atoms with Gasteiger partial charge in [-0.2, -0.15) is 0 Å². The summed E-state index contributed by atoms with van der Waals surface area (Å²) < 4.78 is 0. The van der Waals surface area contributed by atoms with Gasteiger partial charge < -0.3 is 10.2 Å². The van der Waals surface area contributed by atoms with Crippen LogP contribution in [-0.4, -0.2) is 35.2 Å². The van der Waals surface area contributed by atoms with Gasteiger partial charge in [0.1, 0.15) is 0 Å². The van der Waals surface area contributed by atoms with Crippen molar-refractivity contribution in [2.75, 3.05) is 13.6 Å². The standard InChI is InChI=1S/C15H14ClN3O4S/c1-18(9-10-7-11(19(22)23)4-5-12(10)16)14(20)8-17-15(21)13-3-2-6-24-13/h2-7H,8-9H2,1H3,(H,17,21). The molecule has 0 unspecified atom stereocenters. The number of carbonyl (C=O) groups is 2. The maximum atomic E-state index is 12.1. The third-order valence-electron chi connectivity index (χ3n) is 3.22. The molecule has 0 radical (unpaired) electrons. The minimum Gasteiger partial charge on any atom is -0.342 e. The first-order chi connectivity index (χ1) is 11.4. The summed E-state index contributed by atoms with van der Waals surface area (Å²) >= 11 is 7.30. The van der Waals surface area contributed by atoms with Crippen LogP contribution >= 0.6 is 22.9 Å². The molecule has 0 atom stereocenters. The van der Waals surface area contributed by atoms with Crippen LogP contribution in [0.15, 0.2) is 35.7 Å². The Morgan fingerprint density at radius 3 is 2.75 bits per heavy atom. The van der Waals surface area contributed by atoms with Crippen molar-refractivity contribution in [1.82, 2.24) is 10.2 Å². The van der Waals surface area contributed by atoms with E-state index in [9.17, 15) is 19.7 Å². The normalized spacial score (nSPS) is 10.2. The smallest absolute Gasteiger partial charge is 0.269 e. The van der Waals surface area contributed by atoms with Gasteiger partial charge in [-0.1, -0.05) is 17.7 Å². The number of rotatable bonds is 6. The van der Waals surface area contributed by atoms with Crippen molar-refractivity contribution in [3.8, 4) is 0 Å². The molecule has 0 bridgehead atoms. The Morgan fingerprint density at radius 1 is 1.38 bits per heavy atom. The summed E-state index contributed by atoms with van der Waals surface area (Å²) in [6.45, 7) is -0.0615. The van der Waals surface area contributed by atoms with E-state index in [1.165, 1.54) is 41.5 Å². The van der Waals surface area contributed by atoms with Crippen molar-refractivity contribution in [2.24, 2.45) is 0 Å². The lowest BCUT2D eigenvalue weighted by Gasteiger charge is -2.18. The fourth-order valence-corrected chi connectivity index (χ4v) is 2.74. The molecule has 0 aliphatic rings. The maximum absolute atomic E-state index is 12.1. The number of nitrogens with one attached hydrogen (secondary N) is 1. The van der Waals surface area contributed by atoms with Crippen LogP contribution < -0.4 is 5.32 Å². The van der Waals surface area contributed by atoms with Gasteiger partial charge in [-0.05, 0) is 23.1 Å². The number of amides is 2. The molecule has 0 fully saturated rings. The molecule has 2 rings (SSSR count). The molecule has 24 heavy (non-hydrogen) atoms. The number of non-ortho nitro benzene ring substituents is 1. The Kier molecular flexibility index (Phi) is 5.88. The van der Waals surface area contributed by atoms with Gasteiger partial charge in [0.15, 0.2) is 0 Å². The third-order valence-corrected chi connectivity index (χ3v) is 4.46. The molecule has 0 spiro atoms. The largest absolute Gasteiger partial charge is 0.342 e. The van der Waals surface area contributed by atoms with E-state index >= 15 is 0 Å². The van der Waals surface area contributed by atoms with Gasteiger partial charge in [0.2, 0.25) is 5.91 Å². The fourth-order valence-electron chi connectivity index (χ4n) is 1.93. The topological polar surface area (TPSA) is 92.5 Å². The summed E-state index contributed by atoms with van der Waals surface area (Å²) in [7, 11) is 1.54. The molecule has 9 heteroatoms. The van der Waals surface area contributed by atoms with Crippen LogP contribution in [0.25, 0.3) is 0 Å². The molecule has 0 saturated heterocycles. The number of benzene rings is 1. The second kappa shape index (κ2) is 7.89. The number of carbonyl (C=O) groups excluding carboxylic acids is 2. The quantitative estimate of drug-likeness (QED) is 0.627. The number of thiophene rings is 1. The number of nitro benzene ring substituents is 1. The molecule has 0 saturated carbocycles. The number of nitro groups is 1. The highest BCUT2D eigenvalue weighted by molar-refractivity contribution is 7.12. The second-order valence-electron chi connectivity index (χ2n) is 4.94. The van der Waals surface area contributed by atoms with Gasteiger partial charge in [-0.25, -0.2) is 0 Å². The predicted octanol–water partition coefficient (Wildman–Crippen LogP) is 2.70. The van der Waals surface area contributed by atoms with Crippen LogP contribution in [0.5, 0.6) is 0 Å². The number of likely N-dealkylation sites (N-methyl/N-ethyl adjacent to an activating group) is 1. The van der Waals surface area contributed by atoms with Crippen molar-refractivity contribution in [1.29, 1.82) is 0 Å². The molecule has 1 heterocycles. The lowest BCUT2D eigenvalue weighted by atomic mass is 10.2. The van der Waals surface area contributed by atoms with E-state index in [0.29, 0.717) is 15.5 Å². The molecule has 126 valence electrons. The highest BCUT2D eigenvalue weighted by atomic mass is 35.5. The number of hydrogen-bond donors (Lipinski definition) is 1. The minimum absolute atomic E-state index is 0.0961. The molecule has 0 aliphatic heterocycles. The van der Waals surface area contributed by atoms with E-state index < -0.39 is 4.92 Å². The van der Waals surface area contributed by atoms with E-state index in [4.69, 9.17) is 11.6 Å². The molecule has 7 nitrogen and oxygen atoms in total. The first kappa shape index (κ1) is 17.9. The fraction of sp³-hybridized carbons (Fsp3) is 0.200. The van der Waals surface area contributed by atoms with Crippen LogP contribution in [0.3, 0.4) is 0 Å². The van der Waals surface area contributed by atoms with Gasteiger partial charge in [0.25, 0.3) is 11.6 Å². The zero-order chi connectivity index (χ0) is 17.7. The summed E-state index contributed by atoms with van der Waals surface area (Å²) in [5, 5.41) is 15.5. The number of nitrogens with zero attached hydrogens (tertiary/aromatic N) is 2. The SMILES string of the molecule is CN(Cc1cc([N+](=O)[O-])ccc1Cl)C(=O)CNC(=O)c1cccs1. The molecule has 2 aromatic rings. The van der Waals surface area contributed by atoms with Crippen molar-refractivity contribution in [3.05, 3.63) is 61.3 Å². The van der Waals surface area contributed by atoms with Crippen LogP contribution in [-0.2, 0) is 11.3 Å². The van der Waals surface area contributed by atoms with Crippen molar-refractivity contribution >= 4 is 40.4 Å². The van der Waals surface area contributed by atoms with Gasteiger partial charge in [0, 0.05) is 30.7 Å². The monoisotopic (exact) mass is 367 g/mol. The minimum atomic E-state index is -0.525. The Balaban J connectivity index is 1.95. The van der Waals surface area contributed by atoms with E-state index in [0.717, 1.165) is 0 Å². The van der Waals surface area contributed by atoms with E-state index in [-0.39, 0.29) is 30.6 Å². The van der Waals surface area contributed by atoms with Gasteiger partial charge in [0.05, 0.1) is 16.3 Å². The number of halogens is 1. The maximum Gasteiger partial charge on any atom is 0.269 e. The zero-order valence-electron chi connectivity index (χ0n) is 12.7. The first-order valence-electron chi connectivity index (χ1n) is 6.87. The Labute approximate surface area is 147 Å². The van der Waals surface area contributed by atoms with E-state index in [1.54, 1.807) is 17.5 Å². The molecular weight excluding hydrogens is 354 g/mol. The second-order valence-corrected chi connectivity index (χ2v) is 6.30. The molecule has 2 amide bonds. The van der Waals surface area contributed by atoms with Crippen molar-refractivity contribution in [3.63, 3.8) is 0 Å². The van der Waals surface area contributed by atoms with Crippen molar-refractivity contribution < 1.29 is 14.5 Å². The highest BCUT2D eigenvalue weighted by Crippen LogP contribution is 2.23. The first-order valence-corrected chi connectivity index (χ1v) is 8.12. The lowest BCUT2D eigenvalue weighted by Crippen LogP contribution is -2.37. The van der Waals surface area contributed by atoms with Crippen molar-refractivity contribution in [2.45, 2.75) is 6.54 Å². The predicted molar refractivity (Wildman–Crippen MR) is 91.2 cm³/mol. The van der Waals surface area contributed by atoms with Crippen LogP contribution in [0.2, 0.25) is 5.02 Å². The van der Waals surface area contributed by atoms with Gasteiger partial charge in [-0.3, -0.25) is 19.7 Å². The molecule has 0 aliphatic carbocycles. The van der Waals surface area contributed by atoms with E-state index in [1.807, 2.05) is 0 Å². The molecule has 1 aromatic heterocycles. The molecule has 1 N–H and O–H groups in total. The van der Waals surface area contributed by atoms with Crippen LogP contribution in [0.4, 0.5) is 5.69 Å². The summed E-state index contributed by atoms with van der Waals surface area (Å²) in [5.41, 5.74) is 0.368. The Morgan fingerprint density at radius 2 is 2.12 bits per heavy atom. The average Bonchev–Trinajstić information content (AvgIpc) is 3.08. The average molecular weight is 368 g/mol.